The van der Waals surface area contributed by atoms with E-state index in [2.05, 4.69) is 10.1 Å². The minimum Gasteiger partial charge on any atom is -0.453 e. The van der Waals surface area contributed by atoms with Gasteiger partial charge < -0.3 is 4.42 Å². The molecular weight excluding hydrogens is 467 g/mol. The summed E-state index contributed by atoms with van der Waals surface area (Å²) in [4.78, 5) is 28.4. The molecule has 0 amide bonds. The molecule has 10 heteroatoms. The molecule has 5 rings (SSSR count). The summed E-state index contributed by atoms with van der Waals surface area (Å²) in [6.07, 6.45) is 1.32. The molecule has 5 aromatic rings. The van der Waals surface area contributed by atoms with Gasteiger partial charge in [-0.3, -0.25) is 14.9 Å². The standard InChI is InChI=1S/C23H12Cl2N4O4/c24-15-6-8-20-14(10-15)11-21(33-20)22-27-18-4-2-1-3-16(18)23(30)28(22)26-12-13-5-7-17(25)19(9-13)29(31)32/h1-12H. The van der Waals surface area contributed by atoms with Crippen LogP contribution in [-0.2, 0) is 0 Å². The van der Waals surface area contributed by atoms with Crippen LogP contribution in [-0.4, -0.2) is 20.8 Å². The predicted octanol–water partition coefficient (Wildman–Crippen LogP) is 5.91. The van der Waals surface area contributed by atoms with Crippen molar-refractivity contribution >= 4 is 57.0 Å². The first-order chi connectivity index (χ1) is 15.9. The summed E-state index contributed by atoms with van der Waals surface area (Å²) in [5.74, 6) is 0.486. The highest BCUT2D eigenvalue weighted by Crippen LogP contribution is 2.29. The molecule has 0 unspecified atom stereocenters. The first kappa shape index (κ1) is 20.9. The summed E-state index contributed by atoms with van der Waals surface area (Å²) in [5.41, 5.74) is 0.742. The second kappa shape index (κ2) is 8.16. The van der Waals surface area contributed by atoms with Crippen molar-refractivity contribution in [3.05, 3.63) is 103 Å². The average Bonchev–Trinajstić information content (AvgIpc) is 3.22. The number of nitro benzene ring substituents is 1. The molecule has 0 aliphatic carbocycles. The van der Waals surface area contributed by atoms with Gasteiger partial charge in [0.05, 0.1) is 22.0 Å². The first-order valence-electron chi connectivity index (χ1n) is 9.60. The van der Waals surface area contributed by atoms with Crippen LogP contribution in [0, 0.1) is 10.1 Å². The molecule has 2 aromatic heterocycles. The van der Waals surface area contributed by atoms with Crippen molar-refractivity contribution in [2.75, 3.05) is 0 Å². The zero-order valence-electron chi connectivity index (χ0n) is 16.6. The van der Waals surface area contributed by atoms with Gasteiger partial charge in [-0.25, -0.2) is 4.98 Å². The van der Waals surface area contributed by atoms with Gasteiger partial charge in [0.2, 0.25) is 5.82 Å². The van der Waals surface area contributed by atoms with Gasteiger partial charge in [0, 0.05) is 22.0 Å². The average molecular weight is 479 g/mol. The fraction of sp³-hybridized carbons (Fsp3) is 0. The molecule has 33 heavy (non-hydrogen) atoms. The van der Waals surface area contributed by atoms with Crippen LogP contribution >= 0.6 is 23.2 Å². The van der Waals surface area contributed by atoms with E-state index in [1.54, 1.807) is 54.6 Å². The lowest BCUT2D eigenvalue weighted by molar-refractivity contribution is -0.384. The van der Waals surface area contributed by atoms with Gasteiger partial charge in [0.15, 0.2) is 5.76 Å². The third-order valence-corrected chi connectivity index (χ3v) is 5.50. The molecule has 8 nitrogen and oxygen atoms in total. The van der Waals surface area contributed by atoms with Crippen molar-refractivity contribution in [1.29, 1.82) is 0 Å². The van der Waals surface area contributed by atoms with E-state index in [9.17, 15) is 14.9 Å². The number of para-hydroxylation sites is 1. The fourth-order valence-corrected chi connectivity index (χ4v) is 3.76. The molecule has 0 N–H and O–H groups in total. The van der Waals surface area contributed by atoms with E-state index in [1.807, 2.05) is 0 Å². The molecule has 162 valence electrons. The first-order valence-corrected chi connectivity index (χ1v) is 10.4. The van der Waals surface area contributed by atoms with E-state index in [-0.39, 0.29) is 16.5 Å². The maximum atomic E-state index is 13.3. The number of halogens is 2. The summed E-state index contributed by atoms with van der Waals surface area (Å²) in [7, 11) is 0. The topological polar surface area (TPSA) is 104 Å². The Kier molecular flexibility index (Phi) is 5.16. The van der Waals surface area contributed by atoms with Crippen molar-refractivity contribution in [3.63, 3.8) is 0 Å². The second-order valence-electron chi connectivity index (χ2n) is 7.07. The molecule has 0 fully saturated rings. The second-order valence-corrected chi connectivity index (χ2v) is 7.92. The fourth-order valence-electron chi connectivity index (χ4n) is 3.39. The largest absolute Gasteiger partial charge is 0.453 e. The normalized spacial score (nSPS) is 11.6. The number of hydrogen-bond acceptors (Lipinski definition) is 6. The number of hydrogen-bond donors (Lipinski definition) is 0. The van der Waals surface area contributed by atoms with Gasteiger partial charge in [-0.2, -0.15) is 9.78 Å². The van der Waals surface area contributed by atoms with Crippen LogP contribution in [0.15, 0.2) is 81.0 Å². The number of nitro groups is 1. The van der Waals surface area contributed by atoms with Gasteiger partial charge >= 0.3 is 0 Å². The van der Waals surface area contributed by atoms with Crippen LogP contribution in [0.5, 0.6) is 0 Å². The zero-order chi connectivity index (χ0) is 23.1. The van der Waals surface area contributed by atoms with Crippen molar-refractivity contribution in [2.45, 2.75) is 0 Å². The number of furan rings is 1. The number of rotatable bonds is 4. The Balaban J connectivity index is 1.71. The highest BCUT2D eigenvalue weighted by atomic mass is 35.5. The quantitative estimate of drug-likeness (QED) is 0.181. The molecule has 0 spiro atoms. The van der Waals surface area contributed by atoms with E-state index in [0.717, 1.165) is 10.1 Å². The minimum atomic E-state index is -0.589. The Morgan fingerprint density at radius 2 is 1.88 bits per heavy atom. The Morgan fingerprint density at radius 3 is 2.70 bits per heavy atom. The number of aromatic nitrogens is 2. The molecule has 0 aliphatic heterocycles. The Labute approximate surface area is 195 Å². The van der Waals surface area contributed by atoms with Crippen LogP contribution in [0.4, 0.5) is 5.69 Å². The maximum Gasteiger partial charge on any atom is 0.288 e. The SMILES string of the molecule is O=c1c2ccccc2nc(-c2cc3cc(Cl)ccc3o2)n1N=Cc1ccc(Cl)c([N+](=O)[O-])c1. The van der Waals surface area contributed by atoms with Gasteiger partial charge in [-0.05, 0) is 42.5 Å². The van der Waals surface area contributed by atoms with Crippen LogP contribution in [0.2, 0.25) is 10.0 Å². The smallest absolute Gasteiger partial charge is 0.288 e. The molecule has 3 aromatic carbocycles. The maximum absolute atomic E-state index is 13.3. The number of benzene rings is 3. The van der Waals surface area contributed by atoms with E-state index in [1.165, 1.54) is 18.3 Å². The number of fused-ring (bicyclic) bond motifs is 2. The van der Waals surface area contributed by atoms with Crippen molar-refractivity contribution in [2.24, 2.45) is 5.10 Å². The lowest BCUT2D eigenvalue weighted by Crippen LogP contribution is -2.20. The molecular formula is C23H12Cl2N4O4. The molecule has 0 saturated heterocycles. The summed E-state index contributed by atoms with van der Waals surface area (Å²) in [5, 5.41) is 17.1. The summed E-state index contributed by atoms with van der Waals surface area (Å²) in [6.45, 7) is 0. The molecule has 0 saturated carbocycles. The van der Waals surface area contributed by atoms with E-state index >= 15 is 0 Å². The third kappa shape index (κ3) is 3.86. The van der Waals surface area contributed by atoms with Gasteiger partial charge in [0.25, 0.3) is 11.2 Å². The van der Waals surface area contributed by atoms with Gasteiger partial charge in [0.1, 0.15) is 10.6 Å². The minimum absolute atomic E-state index is 0.00307. The molecule has 0 bridgehead atoms. The number of nitrogens with zero attached hydrogens (tertiary/aromatic N) is 4. The molecule has 2 heterocycles. The van der Waals surface area contributed by atoms with Crippen molar-refractivity contribution in [3.8, 4) is 11.6 Å². The highest BCUT2D eigenvalue weighted by Gasteiger charge is 2.17. The lowest BCUT2D eigenvalue weighted by atomic mass is 10.2. The predicted molar refractivity (Wildman–Crippen MR) is 127 cm³/mol. The van der Waals surface area contributed by atoms with Crippen LogP contribution in [0.3, 0.4) is 0 Å². The van der Waals surface area contributed by atoms with E-state index in [4.69, 9.17) is 27.6 Å². The van der Waals surface area contributed by atoms with Crippen LogP contribution in [0.1, 0.15) is 5.56 Å². The Bertz CT molecular complexity index is 1660. The third-order valence-electron chi connectivity index (χ3n) is 4.94. The zero-order valence-corrected chi connectivity index (χ0v) is 18.1. The molecule has 0 atom stereocenters. The highest BCUT2D eigenvalue weighted by molar-refractivity contribution is 6.32. The van der Waals surface area contributed by atoms with Gasteiger partial charge in [-0.15, -0.1) is 0 Å². The van der Waals surface area contributed by atoms with E-state index < -0.39 is 10.5 Å². The van der Waals surface area contributed by atoms with Crippen LogP contribution < -0.4 is 5.56 Å². The van der Waals surface area contributed by atoms with E-state index in [0.29, 0.717) is 32.8 Å². The lowest BCUT2D eigenvalue weighted by Gasteiger charge is -2.07. The summed E-state index contributed by atoms with van der Waals surface area (Å²) in [6, 6.07) is 18.0. The van der Waals surface area contributed by atoms with Crippen LogP contribution in [0.25, 0.3) is 33.5 Å². The Hall–Kier alpha value is -4.01. The van der Waals surface area contributed by atoms with Crippen molar-refractivity contribution < 1.29 is 9.34 Å². The Morgan fingerprint density at radius 1 is 1.06 bits per heavy atom. The summed E-state index contributed by atoms with van der Waals surface area (Å²) < 4.78 is 7.01. The van der Waals surface area contributed by atoms with Crippen molar-refractivity contribution in [1.82, 2.24) is 9.66 Å². The molecule has 0 aliphatic rings. The van der Waals surface area contributed by atoms with Gasteiger partial charge in [-0.1, -0.05) is 41.4 Å². The monoisotopic (exact) mass is 478 g/mol. The summed E-state index contributed by atoms with van der Waals surface area (Å²) >= 11 is 12.0. The molecule has 0 radical (unpaired) electrons.